The standard InChI is InChI=1S/C13H23NO2S/c1-13(2)7-11(8-17-9-13)14(10-3-4-10)6-5-12(15)16/h10-11H,3-9H2,1-2H3,(H,15,16). The predicted molar refractivity (Wildman–Crippen MR) is 71.5 cm³/mol. The van der Waals surface area contributed by atoms with Crippen LogP contribution in [0.2, 0.25) is 0 Å². The molecule has 1 heterocycles. The van der Waals surface area contributed by atoms with Gasteiger partial charge in [0.1, 0.15) is 0 Å². The van der Waals surface area contributed by atoms with Gasteiger partial charge in [0, 0.05) is 24.4 Å². The zero-order valence-electron chi connectivity index (χ0n) is 10.8. The largest absolute Gasteiger partial charge is 0.481 e. The van der Waals surface area contributed by atoms with Crippen LogP contribution in [-0.4, -0.2) is 46.1 Å². The van der Waals surface area contributed by atoms with Gasteiger partial charge in [0.2, 0.25) is 0 Å². The van der Waals surface area contributed by atoms with E-state index < -0.39 is 5.97 Å². The van der Waals surface area contributed by atoms with E-state index in [1.165, 1.54) is 30.8 Å². The van der Waals surface area contributed by atoms with Gasteiger partial charge in [0.05, 0.1) is 6.42 Å². The molecule has 1 atom stereocenters. The minimum Gasteiger partial charge on any atom is -0.481 e. The Balaban J connectivity index is 1.93. The Kier molecular flexibility index (Phi) is 4.03. The van der Waals surface area contributed by atoms with Gasteiger partial charge in [-0.05, 0) is 30.4 Å². The van der Waals surface area contributed by atoms with Gasteiger partial charge in [-0.2, -0.15) is 11.8 Å². The Morgan fingerprint density at radius 1 is 1.41 bits per heavy atom. The Bertz CT molecular complexity index is 289. The molecule has 0 amide bonds. The zero-order chi connectivity index (χ0) is 12.5. The van der Waals surface area contributed by atoms with Crippen LogP contribution in [-0.2, 0) is 4.79 Å². The summed E-state index contributed by atoms with van der Waals surface area (Å²) in [6, 6.07) is 1.27. The highest BCUT2D eigenvalue weighted by molar-refractivity contribution is 7.99. The highest BCUT2D eigenvalue weighted by Gasteiger charge is 2.38. The number of thioether (sulfide) groups is 1. The van der Waals surface area contributed by atoms with Crippen LogP contribution in [0.4, 0.5) is 0 Å². The van der Waals surface area contributed by atoms with Crippen LogP contribution in [0, 0.1) is 5.41 Å². The zero-order valence-corrected chi connectivity index (χ0v) is 11.6. The number of carbonyl (C=O) groups is 1. The molecule has 2 fully saturated rings. The lowest BCUT2D eigenvalue weighted by molar-refractivity contribution is -0.137. The number of nitrogens with zero attached hydrogens (tertiary/aromatic N) is 1. The van der Waals surface area contributed by atoms with Crippen molar-refractivity contribution < 1.29 is 9.90 Å². The summed E-state index contributed by atoms with van der Waals surface area (Å²) < 4.78 is 0. The lowest BCUT2D eigenvalue weighted by atomic mass is 9.87. The van der Waals surface area contributed by atoms with E-state index in [0.29, 0.717) is 17.5 Å². The Morgan fingerprint density at radius 3 is 2.65 bits per heavy atom. The lowest BCUT2D eigenvalue weighted by Gasteiger charge is -2.41. The SMILES string of the molecule is CC1(C)CSCC(N(CCC(=O)O)C2CC2)C1. The summed E-state index contributed by atoms with van der Waals surface area (Å²) in [6.45, 7) is 5.39. The van der Waals surface area contributed by atoms with Gasteiger partial charge in [-0.25, -0.2) is 0 Å². The quantitative estimate of drug-likeness (QED) is 0.821. The topological polar surface area (TPSA) is 40.5 Å². The second-order valence-electron chi connectivity index (χ2n) is 6.15. The van der Waals surface area contributed by atoms with Crippen molar-refractivity contribution in [3.05, 3.63) is 0 Å². The first-order valence-corrected chi connectivity index (χ1v) is 7.69. The molecule has 1 aliphatic carbocycles. The lowest BCUT2D eigenvalue weighted by Crippen LogP contribution is -2.45. The van der Waals surface area contributed by atoms with Crippen LogP contribution in [0.1, 0.15) is 39.5 Å². The van der Waals surface area contributed by atoms with E-state index in [-0.39, 0.29) is 6.42 Å². The molecule has 1 unspecified atom stereocenters. The first-order chi connectivity index (χ1) is 7.98. The molecule has 1 saturated carbocycles. The summed E-state index contributed by atoms with van der Waals surface area (Å²) in [7, 11) is 0. The Labute approximate surface area is 108 Å². The fourth-order valence-electron chi connectivity index (χ4n) is 2.73. The molecule has 17 heavy (non-hydrogen) atoms. The van der Waals surface area contributed by atoms with Crippen molar-refractivity contribution in [2.45, 2.75) is 51.6 Å². The molecule has 0 bridgehead atoms. The van der Waals surface area contributed by atoms with E-state index in [1.807, 2.05) is 11.8 Å². The van der Waals surface area contributed by atoms with Crippen LogP contribution >= 0.6 is 11.8 Å². The number of hydrogen-bond acceptors (Lipinski definition) is 3. The molecule has 0 aromatic heterocycles. The molecule has 0 radical (unpaired) electrons. The van der Waals surface area contributed by atoms with Crippen molar-refractivity contribution in [3.63, 3.8) is 0 Å². The normalized spacial score (nSPS) is 28.3. The van der Waals surface area contributed by atoms with Crippen molar-refractivity contribution in [3.8, 4) is 0 Å². The van der Waals surface area contributed by atoms with Crippen LogP contribution in [0.25, 0.3) is 0 Å². The Morgan fingerprint density at radius 2 is 2.12 bits per heavy atom. The third kappa shape index (κ3) is 3.88. The monoisotopic (exact) mass is 257 g/mol. The summed E-state index contributed by atoms with van der Waals surface area (Å²) in [5.41, 5.74) is 0.407. The first-order valence-electron chi connectivity index (χ1n) is 6.53. The average Bonchev–Trinajstić information content (AvgIpc) is 3.00. The molecule has 2 aliphatic rings. The fourth-order valence-corrected chi connectivity index (χ4v) is 4.10. The molecule has 0 aromatic rings. The molecular weight excluding hydrogens is 234 g/mol. The van der Waals surface area contributed by atoms with Crippen LogP contribution in [0.5, 0.6) is 0 Å². The van der Waals surface area contributed by atoms with Gasteiger partial charge in [-0.3, -0.25) is 9.69 Å². The molecule has 1 saturated heterocycles. The van der Waals surface area contributed by atoms with E-state index in [4.69, 9.17) is 5.11 Å². The van der Waals surface area contributed by atoms with E-state index in [2.05, 4.69) is 18.7 Å². The van der Waals surface area contributed by atoms with E-state index >= 15 is 0 Å². The third-order valence-corrected chi connectivity index (χ3v) is 5.27. The molecule has 98 valence electrons. The molecule has 0 aromatic carbocycles. The van der Waals surface area contributed by atoms with E-state index in [0.717, 1.165) is 6.54 Å². The second kappa shape index (κ2) is 5.19. The van der Waals surface area contributed by atoms with Crippen molar-refractivity contribution >= 4 is 17.7 Å². The number of carboxylic acid groups (broad SMARTS) is 1. The van der Waals surface area contributed by atoms with Crippen molar-refractivity contribution in [2.24, 2.45) is 5.41 Å². The summed E-state index contributed by atoms with van der Waals surface area (Å²) >= 11 is 2.03. The molecule has 1 N–H and O–H groups in total. The Hall–Kier alpha value is -0.220. The smallest absolute Gasteiger partial charge is 0.304 e. The summed E-state index contributed by atoms with van der Waals surface area (Å²) in [5, 5.41) is 8.83. The maximum atomic E-state index is 10.7. The van der Waals surface area contributed by atoms with Crippen LogP contribution in [0.3, 0.4) is 0 Å². The molecule has 1 aliphatic heterocycles. The van der Waals surface area contributed by atoms with Gasteiger partial charge < -0.3 is 5.11 Å². The molecule has 4 heteroatoms. The van der Waals surface area contributed by atoms with Gasteiger partial charge in [-0.15, -0.1) is 0 Å². The van der Waals surface area contributed by atoms with E-state index in [1.54, 1.807) is 0 Å². The minimum absolute atomic E-state index is 0.290. The van der Waals surface area contributed by atoms with E-state index in [9.17, 15) is 4.79 Å². The number of rotatable bonds is 5. The first kappa shape index (κ1) is 13.2. The van der Waals surface area contributed by atoms with Crippen molar-refractivity contribution in [1.82, 2.24) is 4.90 Å². The van der Waals surface area contributed by atoms with Gasteiger partial charge in [0.15, 0.2) is 0 Å². The summed E-state index contributed by atoms with van der Waals surface area (Å²) in [4.78, 5) is 13.2. The van der Waals surface area contributed by atoms with Gasteiger partial charge in [0.25, 0.3) is 0 Å². The van der Waals surface area contributed by atoms with Crippen molar-refractivity contribution in [2.75, 3.05) is 18.1 Å². The number of carboxylic acids is 1. The highest BCUT2D eigenvalue weighted by atomic mass is 32.2. The van der Waals surface area contributed by atoms with Gasteiger partial charge >= 0.3 is 5.97 Å². The molecule has 2 rings (SSSR count). The number of hydrogen-bond donors (Lipinski definition) is 1. The predicted octanol–water partition coefficient (Wildman–Crippen LogP) is 2.46. The molecule has 3 nitrogen and oxygen atoms in total. The highest BCUT2D eigenvalue weighted by Crippen LogP contribution is 2.39. The maximum absolute atomic E-state index is 10.7. The molecule has 0 spiro atoms. The molecular formula is C13H23NO2S. The number of aliphatic carboxylic acids is 1. The summed E-state index contributed by atoms with van der Waals surface area (Å²) in [5.74, 6) is 1.75. The maximum Gasteiger partial charge on any atom is 0.304 e. The fraction of sp³-hybridized carbons (Fsp3) is 0.923. The van der Waals surface area contributed by atoms with Crippen LogP contribution in [0.15, 0.2) is 0 Å². The second-order valence-corrected chi connectivity index (χ2v) is 7.18. The minimum atomic E-state index is -0.668. The van der Waals surface area contributed by atoms with Crippen LogP contribution < -0.4 is 0 Å². The van der Waals surface area contributed by atoms with Crippen molar-refractivity contribution in [1.29, 1.82) is 0 Å². The third-order valence-electron chi connectivity index (χ3n) is 3.66. The summed E-state index contributed by atoms with van der Waals surface area (Å²) in [6.07, 6.45) is 4.04. The van der Waals surface area contributed by atoms with Gasteiger partial charge in [-0.1, -0.05) is 13.8 Å². The average molecular weight is 257 g/mol.